The molecule has 2 aliphatic rings. The third kappa shape index (κ3) is 4.86. The molecule has 1 unspecified atom stereocenters. The SMILES string of the molecule is CC1=CC(N(c2ccccc2)c2ccc3ccccc3c2)C2=CCc3c(C)cc(N(c4ccccc4)c4ccc5ccccc5c4)c4ccc1c2c34. The lowest BCUT2D eigenvalue weighted by atomic mass is 9.75. The number of nitrogens with zero attached hydrogens (tertiary/aromatic N) is 2. The lowest BCUT2D eigenvalue weighted by molar-refractivity contribution is 0.945. The Balaban J connectivity index is 1.20. The molecule has 0 fully saturated rings. The normalized spacial score (nSPS) is 14.7. The van der Waals surface area contributed by atoms with Crippen LogP contribution < -0.4 is 9.80 Å². The van der Waals surface area contributed by atoms with E-state index in [1.807, 2.05) is 0 Å². The van der Waals surface area contributed by atoms with Crippen LogP contribution in [-0.2, 0) is 6.42 Å². The third-order valence-corrected chi connectivity index (χ3v) is 11.1. The van der Waals surface area contributed by atoms with E-state index in [-0.39, 0.29) is 6.04 Å². The van der Waals surface area contributed by atoms with E-state index in [0.717, 1.165) is 17.8 Å². The summed E-state index contributed by atoms with van der Waals surface area (Å²) in [5.41, 5.74) is 14.0. The summed E-state index contributed by atoms with van der Waals surface area (Å²) in [6.45, 7) is 4.59. The Morgan fingerprint density at radius 2 is 1.12 bits per heavy atom. The summed E-state index contributed by atoms with van der Waals surface area (Å²) in [6.07, 6.45) is 5.89. The number of para-hydroxylation sites is 2. The fraction of sp³-hybridized carbons (Fsp3) is 0.0800. The summed E-state index contributed by atoms with van der Waals surface area (Å²) < 4.78 is 0. The highest BCUT2D eigenvalue weighted by Gasteiger charge is 2.34. The van der Waals surface area contributed by atoms with Crippen LogP contribution in [0.25, 0.3) is 43.5 Å². The second-order valence-electron chi connectivity index (χ2n) is 14.2. The minimum atomic E-state index is 0.0319. The van der Waals surface area contributed by atoms with Gasteiger partial charge in [-0.3, -0.25) is 0 Å². The molecule has 2 nitrogen and oxygen atoms in total. The minimum absolute atomic E-state index is 0.0319. The van der Waals surface area contributed by atoms with Gasteiger partial charge in [-0.25, -0.2) is 0 Å². The Labute approximate surface area is 305 Å². The van der Waals surface area contributed by atoms with Crippen LogP contribution >= 0.6 is 0 Å². The van der Waals surface area contributed by atoms with Crippen molar-refractivity contribution in [3.05, 3.63) is 198 Å². The fourth-order valence-corrected chi connectivity index (χ4v) is 8.69. The van der Waals surface area contributed by atoms with Crippen molar-refractivity contribution in [3.8, 4) is 0 Å². The predicted molar refractivity (Wildman–Crippen MR) is 223 cm³/mol. The van der Waals surface area contributed by atoms with Gasteiger partial charge in [-0.15, -0.1) is 0 Å². The van der Waals surface area contributed by atoms with Crippen LogP contribution in [0.1, 0.15) is 29.2 Å². The molecular weight excluding hydrogens is 629 g/mol. The van der Waals surface area contributed by atoms with Gasteiger partial charge in [0.2, 0.25) is 0 Å². The molecule has 0 N–H and O–H groups in total. The number of allylic oxidation sites excluding steroid dienone is 2. The maximum atomic E-state index is 2.54. The molecule has 0 bridgehead atoms. The third-order valence-electron chi connectivity index (χ3n) is 11.1. The van der Waals surface area contributed by atoms with Crippen LogP contribution in [-0.4, -0.2) is 6.04 Å². The quantitative estimate of drug-likeness (QED) is 0.174. The van der Waals surface area contributed by atoms with Crippen molar-refractivity contribution >= 4 is 71.9 Å². The van der Waals surface area contributed by atoms with Gasteiger partial charge in [0.15, 0.2) is 0 Å². The molecule has 0 heterocycles. The van der Waals surface area contributed by atoms with Gasteiger partial charge in [0, 0.05) is 28.1 Å². The van der Waals surface area contributed by atoms with Crippen molar-refractivity contribution in [1.82, 2.24) is 0 Å². The van der Waals surface area contributed by atoms with Gasteiger partial charge < -0.3 is 9.80 Å². The van der Waals surface area contributed by atoms with Gasteiger partial charge in [-0.1, -0.05) is 121 Å². The molecule has 52 heavy (non-hydrogen) atoms. The van der Waals surface area contributed by atoms with Gasteiger partial charge in [-0.05, 0) is 135 Å². The van der Waals surface area contributed by atoms with Crippen LogP contribution in [0.4, 0.5) is 28.4 Å². The molecule has 8 aromatic rings. The van der Waals surface area contributed by atoms with E-state index in [1.165, 1.54) is 82.8 Å². The first kappa shape index (κ1) is 30.4. The summed E-state index contributed by atoms with van der Waals surface area (Å²) >= 11 is 0. The molecule has 2 aliphatic carbocycles. The maximum Gasteiger partial charge on any atom is 0.0784 e. The predicted octanol–water partition coefficient (Wildman–Crippen LogP) is 13.5. The lowest BCUT2D eigenvalue weighted by Gasteiger charge is -2.40. The number of rotatable bonds is 6. The van der Waals surface area contributed by atoms with Crippen molar-refractivity contribution in [2.45, 2.75) is 26.3 Å². The highest BCUT2D eigenvalue weighted by atomic mass is 15.2. The first-order valence-corrected chi connectivity index (χ1v) is 18.3. The Hall–Kier alpha value is -6.38. The molecule has 2 heteroatoms. The van der Waals surface area contributed by atoms with Crippen LogP contribution in [0.15, 0.2) is 176 Å². The minimum Gasteiger partial charge on any atom is -0.330 e. The van der Waals surface area contributed by atoms with Crippen LogP contribution in [0.3, 0.4) is 0 Å². The topological polar surface area (TPSA) is 6.48 Å². The van der Waals surface area contributed by atoms with Crippen molar-refractivity contribution < 1.29 is 0 Å². The van der Waals surface area contributed by atoms with Crippen molar-refractivity contribution in [3.63, 3.8) is 0 Å². The molecule has 0 aliphatic heterocycles. The second kappa shape index (κ2) is 12.1. The number of aryl methyl sites for hydroxylation is 1. The summed E-state index contributed by atoms with van der Waals surface area (Å²) in [4.78, 5) is 4.99. The summed E-state index contributed by atoms with van der Waals surface area (Å²) in [7, 11) is 0. The van der Waals surface area contributed by atoms with E-state index >= 15 is 0 Å². The number of benzene rings is 8. The summed E-state index contributed by atoms with van der Waals surface area (Å²) in [5.74, 6) is 0. The van der Waals surface area contributed by atoms with Crippen molar-refractivity contribution in [1.29, 1.82) is 0 Å². The molecule has 10 rings (SSSR count). The van der Waals surface area contributed by atoms with Gasteiger partial charge >= 0.3 is 0 Å². The zero-order valence-electron chi connectivity index (χ0n) is 29.4. The molecule has 0 spiro atoms. The van der Waals surface area contributed by atoms with Gasteiger partial charge in [-0.2, -0.15) is 0 Å². The molecule has 0 aromatic heterocycles. The van der Waals surface area contributed by atoms with E-state index in [2.05, 4.69) is 200 Å². The summed E-state index contributed by atoms with van der Waals surface area (Å²) in [5, 5.41) is 7.66. The Morgan fingerprint density at radius 1 is 0.519 bits per heavy atom. The van der Waals surface area contributed by atoms with E-state index in [0.29, 0.717) is 0 Å². The zero-order valence-corrected chi connectivity index (χ0v) is 29.4. The largest absolute Gasteiger partial charge is 0.330 e. The molecule has 0 amide bonds. The lowest BCUT2D eigenvalue weighted by Crippen LogP contribution is -2.33. The van der Waals surface area contributed by atoms with Crippen LogP contribution in [0, 0.1) is 6.92 Å². The smallest absolute Gasteiger partial charge is 0.0784 e. The average molecular weight is 667 g/mol. The zero-order chi connectivity index (χ0) is 34.8. The van der Waals surface area contributed by atoms with Crippen LogP contribution in [0.2, 0.25) is 0 Å². The first-order valence-electron chi connectivity index (χ1n) is 18.3. The van der Waals surface area contributed by atoms with E-state index in [1.54, 1.807) is 0 Å². The number of fused-ring (bicyclic) bond motifs is 2. The monoisotopic (exact) mass is 666 g/mol. The number of hydrogen-bond acceptors (Lipinski definition) is 2. The molecular formula is C50H38N2. The molecule has 1 atom stereocenters. The van der Waals surface area contributed by atoms with Crippen molar-refractivity contribution in [2.75, 3.05) is 9.80 Å². The summed E-state index contributed by atoms with van der Waals surface area (Å²) in [6, 6.07) is 60.0. The average Bonchev–Trinajstić information content (AvgIpc) is 3.19. The van der Waals surface area contributed by atoms with Gasteiger partial charge in [0.05, 0.1) is 11.7 Å². The maximum absolute atomic E-state index is 2.54. The number of hydrogen-bond donors (Lipinski definition) is 0. The van der Waals surface area contributed by atoms with Crippen molar-refractivity contribution in [2.24, 2.45) is 0 Å². The molecule has 0 saturated heterocycles. The van der Waals surface area contributed by atoms with Gasteiger partial charge in [0.25, 0.3) is 0 Å². The first-order chi connectivity index (χ1) is 25.6. The van der Waals surface area contributed by atoms with E-state index in [9.17, 15) is 0 Å². The Morgan fingerprint density at radius 3 is 1.81 bits per heavy atom. The number of anilines is 5. The van der Waals surface area contributed by atoms with E-state index in [4.69, 9.17) is 0 Å². The fourth-order valence-electron chi connectivity index (χ4n) is 8.69. The van der Waals surface area contributed by atoms with Gasteiger partial charge in [0.1, 0.15) is 0 Å². The Bertz CT molecular complexity index is 2740. The molecule has 8 aromatic carbocycles. The molecule has 0 radical (unpaired) electrons. The molecule has 248 valence electrons. The molecule has 0 saturated carbocycles. The standard InChI is InChI=1S/C50H38N2/c1-33-29-47(51(39-17-5-3-6-18-39)41-23-21-35-13-9-11-15-37(35)31-41)45-28-26-44-34(2)30-48(46-27-25-43(33)49(45)50(44)46)52(40-19-7-4-8-20-40)42-24-22-36-14-10-12-16-38(36)32-42/h3-25,27-32,47H,26H2,1-2H3. The second-order valence-corrected chi connectivity index (χ2v) is 14.2. The van der Waals surface area contributed by atoms with Crippen LogP contribution in [0.5, 0.6) is 0 Å². The van der Waals surface area contributed by atoms with E-state index < -0.39 is 0 Å². The Kier molecular flexibility index (Phi) is 7.11. The highest BCUT2D eigenvalue weighted by Crippen LogP contribution is 2.50. The highest BCUT2D eigenvalue weighted by molar-refractivity contribution is 6.12.